The Bertz CT molecular complexity index is 737. The van der Waals surface area contributed by atoms with Crippen molar-refractivity contribution in [2.24, 2.45) is 4.99 Å². The van der Waals surface area contributed by atoms with Gasteiger partial charge in [-0.1, -0.05) is 24.6 Å². The molecule has 0 amide bonds. The fourth-order valence-electron chi connectivity index (χ4n) is 3.29. The smallest absolute Gasteiger partial charge is 0.191 e. The van der Waals surface area contributed by atoms with Gasteiger partial charge in [0.2, 0.25) is 0 Å². The average molecular weight is 386 g/mol. The highest BCUT2D eigenvalue weighted by Crippen LogP contribution is 2.20. The van der Waals surface area contributed by atoms with Crippen molar-refractivity contribution in [3.63, 3.8) is 0 Å². The second-order valence-corrected chi connectivity index (χ2v) is 7.95. The molecule has 1 aromatic heterocycles. The second-order valence-electron chi connectivity index (χ2n) is 7.01. The summed E-state index contributed by atoms with van der Waals surface area (Å²) in [5.41, 5.74) is 3.77. The van der Waals surface area contributed by atoms with Gasteiger partial charge in [0.05, 0.1) is 10.7 Å². The molecule has 146 valence electrons. The minimum Gasteiger partial charge on any atom is -0.369 e. The molecule has 1 fully saturated rings. The topological polar surface area (TPSA) is 52.6 Å². The first-order valence-corrected chi connectivity index (χ1v) is 10.9. The van der Waals surface area contributed by atoms with Crippen molar-refractivity contribution in [2.75, 3.05) is 31.1 Å². The molecule has 1 aliphatic heterocycles. The van der Waals surface area contributed by atoms with Gasteiger partial charge in [-0.25, -0.2) is 4.98 Å². The number of aliphatic imine (C=N–C) groups is 1. The van der Waals surface area contributed by atoms with Crippen LogP contribution in [-0.2, 0) is 12.8 Å². The van der Waals surface area contributed by atoms with E-state index in [0.29, 0.717) is 6.04 Å². The normalized spacial score (nSPS) is 17.4. The summed E-state index contributed by atoms with van der Waals surface area (Å²) >= 11 is 1.75. The SMILES string of the molecule is CCNC(=NCCc1csc(CC)n1)NC1CCN(c2ccc(C)cc2)C1. The number of rotatable bonds is 7. The first kappa shape index (κ1) is 19.7. The van der Waals surface area contributed by atoms with E-state index in [4.69, 9.17) is 4.99 Å². The van der Waals surface area contributed by atoms with Gasteiger partial charge in [-0.3, -0.25) is 4.99 Å². The van der Waals surface area contributed by atoms with Crippen molar-refractivity contribution in [2.45, 2.75) is 46.1 Å². The van der Waals surface area contributed by atoms with Crippen LogP contribution in [0.4, 0.5) is 5.69 Å². The molecule has 27 heavy (non-hydrogen) atoms. The molecule has 3 rings (SSSR count). The summed E-state index contributed by atoms with van der Waals surface area (Å²) < 4.78 is 0. The molecule has 1 saturated heterocycles. The van der Waals surface area contributed by atoms with Crippen molar-refractivity contribution in [3.05, 3.63) is 45.9 Å². The van der Waals surface area contributed by atoms with Crippen LogP contribution in [0.2, 0.25) is 0 Å². The van der Waals surface area contributed by atoms with Crippen LogP contribution in [-0.4, -0.2) is 43.2 Å². The molecule has 2 N–H and O–H groups in total. The van der Waals surface area contributed by atoms with Crippen molar-refractivity contribution >= 4 is 23.0 Å². The number of hydrogen-bond donors (Lipinski definition) is 2. The molecule has 2 heterocycles. The monoisotopic (exact) mass is 385 g/mol. The summed E-state index contributed by atoms with van der Waals surface area (Å²) in [6, 6.07) is 9.23. The number of hydrogen-bond acceptors (Lipinski definition) is 4. The minimum atomic E-state index is 0.426. The van der Waals surface area contributed by atoms with E-state index in [0.717, 1.165) is 57.1 Å². The van der Waals surface area contributed by atoms with E-state index in [1.807, 2.05) is 0 Å². The summed E-state index contributed by atoms with van der Waals surface area (Å²) in [6.07, 6.45) is 3.04. The lowest BCUT2D eigenvalue weighted by Crippen LogP contribution is -2.44. The zero-order valence-electron chi connectivity index (χ0n) is 16.7. The highest BCUT2D eigenvalue weighted by Gasteiger charge is 2.23. The number of benzene rings is 1. The van der Waals surface area contributed by atoms with Gasteiger partial charge in [-0.15, -0.1) is 11.3 Å². The number of guanidine groups is 1. The summed E-state index contributed by atoms with van der Waals surface area (Å²) in [6.45, 7) is 10.1. The Hall–Kier alpha value is -2.08. The van der Waals surface area contributed by atoms with Crippen molar-refractivity contribution < 1.29 is 0 Å². The Labute approximate surface area is 166 Å². The molecule has 1 unspecified atom stereocenters. The Balaban J connectivity index is 1.52. The first-order chi connectivity index (χ1) is 13.2. The molecule has 1 aromatic carbocycles. The third-order valence-electron chi connectivity index (χ3n) is 4.81. The van der Waals surface area contributed by atoms with E-state index in [1.165, 1.54) is 16.3 Å². The summed E-state index contributed by atoms with van der Waals surface area (Å²) in [5, 5.41) is 10.4. The van der Waals surface area contributed by atoms with Gasteiger partial charge in [-0.05, 0) is 38.8 Å². The van der Waals surface area contributed by atoms with E-state index >= 15 is 0 Å². The standard InChI is InChI=1S/C21H31N5S/c1-4-20-24-18(15-27-20)10-12-23-21(22-5-2)25-17-11-13-26(14-17)19-8-6-16(3)7-9-19/h6-9,15,17H,4-5,10-14H2,1-3H3,(H2,22,23,25). The zero-order valence-corrected chi connectivity index (χ0v) is 17.5. The van der Waals surface area contributed by atoms with Crippen LogP contribution in [0.25, 0.3) is 0 Å². The van der Waals surface area contributed by atoms with E-state index in [1.54, 1.807) is 11.3 Å². The van der Waals surface area contributed by atoms with Gasteiger partial charge in [-0.2, -0.15) is 0 Å². The Kier molecular flexibility index (Phi) is 7.10. The van der Waals surface area contributed by atoms with Crippen LogP contribution in [0.5, 0.6) is 0 Å². The van der Waals surface area contributed by atoms with Gasteiger partial charge >= 0.3 is 0 Å². The lowest BCUT2D eigenvalue weighted by molar-refractivity contribution is 0.649. The molecule has 1 atom stereocenters. The largest absolute Gasteiger partial charge is 0.369 e. The molecular weight excluding hydrogens is 354 g/mol. The van der Waals surface area contributed by atoms with Gasteiger partial charge in [0.1, 0.15) is 0 Å². The van der Waals surface area contributed by atoms with Crippen LogP contribution < -0.4 is 15.5 Å². The van der Waals surface area contributed by atoms with Crippen molar-refractivity contribution in [3.8, 4) is 0 Å². The van der Waals surface area contributed by atoms with Crippen LogP contribution >= 0.6 is 11.3 Å². The third-order valence-corrected chi connectivity index (χ3v) is 5.85. The van der Waals surface area contributed by atoms with Gasteiger partial charge in [0.25, 0.3) is 0 Å². The molecule has 6 heteroatoms. The molecule has 0 saturated carbocycles. The zero-order chi connectivity index (χ0) is 19.1. The Morgan fingerprint density at radius 1 is 1.30 bits per heavy atom. The number of nitrogens with one attached hydrogen (secondary N) is 2. The fraction of sp³-hybridized carbons (Fsp3) is 0.524. The van der Waals surface area contributed by atoms with E-state index in [-0.39, 0.29) is 0 Å². The maximum Gasteiger partial charge on any atom is 0.191 e. The van der Waals surface area contributed by atoms with Crippen LogP contribution in [0.1, 0.15) is 36.5 Å². The Morgan fingerprint density at radius 3 is 2.81 bits per heavy atom. The minimum absolute atomic E-state index is 0.426. The predicted molar refractivity (Wildman–Crippen MR) is 116 cm³/mol. The van der Waals surface area contributed by atoms with Crippen LogP contribution in [0.15, 0.2) is 34.6 Å². The highest BCUT2D eigenvalue weighted by molar-refractivity contribution is 7.09. The van der Waals surface area contributed by atoms with Crippen molar-refractivity contribution in [1.29, 1.82) is 0 Å². The van der Waals surface area contributed by atoms with E-state index in [2.05, 4.69) is 70.9 Å². The number of aryl methyl sites for hydroxylation is 2. The van der Waals surface area contributed by atoms with Crippen LogP contribution in [0.3, 0.4) is 0 Å². The first-order valence-electron chi connectivity index (χ1n) is 9.97. The van der Waals surface area contributed by atoms with Gasteiger partial charge in [0, 0.05) is 49.7 Å². The van der Waals surface area contributed by atoms with Gasteiger partial charge in [0.15, 0.2) is 5.96 Å². The lowest BCUT2D eigenvalue weighted by atomic mass is 10.2. The molecular formula is C21H31N5S. The number of aromatic nitrogens is 1. The summed E-state index contributed by atoms with van der Waals surface area (Å²) in [7, 11) is 0. The number of thiazole rings is 1. The van der Waals surface area contributed by atoms with Crippen LogP contribution in [0, 0.1) is 6.92 Å². The quantitative estimate of drug-likeness (QED) is 0.567. The highest BCUT2D eigenvalue weighted by atomic mass is 32.1. The molecule has 0 spiro atoms. The number of anilines is 1. The molecule has 1 aliphatic rings. The maximum absolute atomic E-state index is 4.76. The summed E-state index contributed by atoms with van der Waals surface area (Å²) in [5.74, 6) is 0.916. The molecule has 0 aliphatic carbocycles. The van der Waals surface area contributed by atoms with E-state index < -0.39 is 0 Å². The van der Waals surface area contributed by atoms with E-state index in [9.17, 15) is 0 Å². The summed E-state index contributed by atoms with van der Waals surface area (Å²) in [4.78, 5) is 11.8. The third kappa shape index (κ3) is 5.70. The predicted octanol–water partition coefficient (Wildman–Crippen LogP) is 3.39. The second kappa shape index (κ2) is 9.74. The Morgan fingerprint density at radius 2 is 2.11 bits per heavy atom. The average Bonchev–Trinajstić information content (AvgIpc) is 3.32. The molecule has 2 aromatic rings. The lowest BCUT2D eigenvalue weighted by Gasteiger charge is -2.20. The molecule has 0 radical (unpaired) electrons. The molecule has 0 bridgehead atoms. The van der Waals surface area contributed by atoms with Crippen molar-refractivity contribution in [1.82, 2.24) is 15.6 Å². The fourth-order valence-corrected chi connectivity index (χ4v) is 4.07. The molecule has 5 nitrogen and oxygen atoms in total. The number of nitrogens with zero attached hydrogens (tertiary/aromatic N) is 3. The maximum atomic E-state index is 4.76. The van der Waals surface area contributed by atoms with Gasteiger partial charge < -0.3 is 15.5 Å².